The molecule has 68 heavy (non-hydrogen) atoms. The normalized spacial score (nSPS) is 12.1. The van der Waals surface area contributed by atoms with Crippen LogP contribution in [0.15, 0.2) is 211 Å². The molecule has 316 valence electrons. The van der Waals surface area contributed by atoms with Gasteiger partial charge in [-0.05, 0) is 101 Å². The Balaban J connectivity index is 0.995. The summed E-state index contributed by atoms with van der Waals surface area (Å²) < 4.78 is 13.7. The summed E-state index contributed by atoms with van der Waals surface area (Å²) in [5, 5.41) is 12.0. The summed E-state index contributed by atoms with van der Waals surface area (Å²) in [6.07, 6.45) is 0. The average Bonchev–Trinajstić information content (AvgIpc) is 4.16. The van der Waals surface area contributed by atoms with Crippen molar-refractivity contribution in [3.8, 4) is 51.0 Å². The molecule has 5 nitrogen and oxygen atoms in total. The van der Waals surface area contributed by atoms with Gasteiger partial charge in [-0.1, -0.05) is 127 Å². The molecular weight excluding hydrogens is 869 g/mol. The molecule has 0 aliphatic carbocycles. The molecule has 0 amide bonds. The molecule has 0 saturated carbocycles. The lowest BCUT2D eigenvalue weighted by Crippen LogP contribution is -2.02. The van der Waals surface area contributed by atoms with Crippen molar-refractivity contribution in [1.29, 1.82) is 0 Å². The SMILES string of the molecule is c1ccc2cc3c(cc2c1)c1ccccc1n3-c1ccc(-c2nc(-c3ccc4c(c3)sc3ccccc34)nc(-c3ccc4c(c3)sc3ccccc34)n2)c(-c2ccc3oc4ccccc4c3c2)c1. The van der Waals surface area contributed by atoms with Gasteiger partial charge in [-0.2, -0.15) is 0 Å². The van der Waals surface area contributed by atoms with E-state index in [1.54, 1.807) is 22.7 Å². The third-order valence-corrected chi connectivity index (χ3v) is 15.9. The van der Waals surface area contributed by atoms with Crippen LogP contribution in [0.3, 0.4) is 0 Å². The van der Waals surface area contributed by atoms with Crippen molar-refractivity contribution in [3.05, 3.63) is 206 Å². The van der Waals surface area contributed by atoms with E-state index in [0.717, 1.165) is 66.5 Å². The van der Waals surface area contributed by atoms with Crippen molar-refractivity contribution >= 4 is 118 Å². The van der Waals surface area contributed by atoms with Crippen LogP contribution in [0.4, 0.5) is 0 Å². The van der Waals surface area contributed by atoms with Crippen LogP contribution in [0.2, 0.25) is 0 Å². The highest BCUT2D eigenvalue weighted by Crippen LogP contribution is 2.43. The minimum atomic E-state index is 0.602. The molecule has 0 radical (unpaired) electrons. The van der Waals surface area contributed by atoms with Gasteiger partial charge in [0.05, 0.1) is 11.0 Å². The lowest BCUT2D eigenvalue weighted by Gasteiger charge is -2.16. The number of rotatable bonds is 5. The van der Waals surface area contributed by atoms with Gasteiger partial charge >= 0.3 is 0 Å². The van der Waals surface area contributed by atoms with Crippen molar-refractivity contribution in [2.24, 2.45) is 0 Å². The summed E-state index contributed by atoms with van der Waals surface area (Å²) in [7, 11) is 0. The standard InChI is InChI=1S/C61H34N4OS2/c1-2-12-36-31-52-49(29-35(36)11-1)41-13-3-7-17-51(41)65(52)40-24-27-47(48(34-40)37-23-28-54-50(30-37)42-14-4-8-18-53(42)66-54)61-63-59(38-21-25-45-43-15-5-9-19-55(43)67-57(45)32-38)62-60(64-61)39-22-26-46-44-16-6-10-20-56(44)68-58(46)33-39/h1-34H. The molecule has 0 spiro atoms. The van der Waals surface area contributed by atoms with Crippen molar-refractivity contribution in [3.63, 3.8) is 0 Å². The van der Waals surface area contributed by atoms with Crippen molar-refractivity contribution in [2.75, 3.05) is 0 Å². The first-order chi connectivity index (χ1) is 33.6. The van der Waals surface area contributed by atoms with E-state index in [0.29, 0.717) is 17.5 Å². The van der Waals surface area contributed by atoms with Crippen LogP contribution in [0.25, 0.3) is 146 Å². The molecule has 0 aliphatic rings. The van der Waals surface area contributed by atoms with Crippen LogP contribution >= 0.6 is 22.7 Å². The second-order valence-electron chi connectivity index (χ2n) is 17.5. The number of hydrogen-bond donors (Lipinski definition) is 0. The fraction of sp³-hybridized carbons (Fsp3) is 0. The Bertz CT molecular complexity index is 4460. The smallest absolute Gasteiger partial charge is 0.164 e. The third kappa shape index (κ3) is 5.76. The molecule has 5 heterocycles. The van der Waals surface area contributed by atoms with E-state index in [9.17, 15) is 0 Å². The van der Waals surface area contributed by atoms with Gasteiger partial charge in [0.1, 0.15) is 11.2 Å². The van der Waals surface area contributed by atoms with Crippen molar-refractivity contribution < 1.29 is 4.42 Å². The number of furan rings is 1. The highest BCUT2D eigenvalue weighted by atomic mass is 32.1. The highest BCUT2D eigenvalue weighted by molar-refractivity contribution is 7.26. The van der Waals surface area contributed by atoms with Gasteiger partial charge in [-0.25, -0.2) is 15.0 Å². The Labute approximate surface area is 396 Å². The summed E-state index contributed by atoms with van der Waals surface area (Å²) in [5.74, 6) is 1.85. The fourth-order valence-corrected chi connectivity index (χ4v) is 12.7. The Kier molecular flexibility index (Phi) is 8.04. The minimum absolute atomic E-state index is 0.602. The van der Waals surface area contributed by atoms with E-state index >= 15 is 0 Å². The van der Waals surface area contributed by atoms with Gasteiger partial charge in [0, 0.05) is 84.3 Å². The topological polar surface area (TPSA) is 56.7 Å². The zero-order valence-corrected chi connectivity index (χ0v) is 37.8. The van der Waals surface area contributed by atoms with Crippen LogP contribution in [-0.4, -0.2) is 19.5 Å². The monoisotopic (exact) mass is 902 g/mol. The molecule has 0 aliphatic heterocycles. The number of thiophene rings is 2. The molecule has 0 unspecified atom stereocenters. The maximum Gasteiger partial charge on any atom is 0.164 e. The largest absolute Gasteiger partial charge is 0.456 e. The molecule has 10 aromatic carbocycles. The van der Waals surface area contributed by atoms with E-state index < -0.39 is 0 Å². The van der Waals surface area contributed by atoms with Crippen LogP contribution in [0, 0.1) is 0 Å². The number of aromatic nitrogens is 4. The van der Waals surface area contributed by atoms with Gasteiger partial charge in [0.2, 0.25) is 0 Å². The van der Waals surface area contributed by atoms with Crippen LogP contribution in [0.1, 0.15) is 0 Å². The molecule has 0 fully saturated rings. The molecule has 15 aromatic rings. The van der Waals surface area contributed by atoms with E-state index in [4.69, 9.17) is 19.4 Å². The fourth-order valence-electron chi connectivity index (χ4n) is 10.4. The Morgan fingerprint density at radius 3 is 1.60 bits per heavy atom. The second kappa shape index (κ2) is 14.5. The quantitative estimate of drug-likeness (QED) is 0.173. The summed E-state index contributed by atoms with van der Waals surface area (Å²) in [4.78, 5) is 16.2. The second-order valence-corrected chi connectivity index (χ2v) is 19.7. The first kappa shape index (κ1) is 37.7. The first-order valence-corrected chi connectivity index (χ1v) is 24.4. The summed E-state index contributed by atoms with van der Waals surface area (Å²) in [5.41, 5.74) is 9.88. The zero-order chi connectivity index (χ0) is 44.5. The van der Waals surface area contributed by atoms with Crippen molar-refractivity contribution in [2.45, 2.75) is 0 Å². The third-order valence-electron chi connectivity index (χ3n) is 13.6. The van der Waals surface area contributed by atoms with Gasteiger partial charge < -0.3 is 8.98 Å². The average molecular weight is 903 g/mol. The molecule has 0 N–H and O–H groups in total. The maximum absolute atomic E-state index is 6.37. The molecule has 7 heteroatoms. The molecule has 5 aromatic heterocycles. The summed E-state index contributed by atoms with van der Waals surface area (Å²) in [6.45, 7) is 0. The predicted octanol–water partition coefficient (Wildman–Crippen LogP) is 17.4. The van der Waals surface area contributed by atoms with Gasteiger partial charge in [-0.15, -0.1) is 22.7 Å². The zero-order valence-electron chi connectivity index (χ0n) is 36.1. The molecular formula is C61H34N4OS2. The maximum atomic E-state index is 6.37. The number of hydrogen-bond acceptors (Lipinski definition) is 6. The number of fused-ring (bicyclic) bond motifs is 13. The molecule has 15 rings (SSSR count). The number of nitrogens with zero attached hydrogens (tertiary/aromatic N) is 4. The molecule has 0 saturated heterocycles. The molecule has 0 atom stereocenters. The van der Waals surface area contributed by atoms with Gasteiger partial charge in [-0.3, -0.25) is 0 Å². The lowest BCUT2D eigenvalue weighted by molar-refractivity contribution is 0.669. The Morgan fingerprint density at radius 1 is 0.324 bits per heavy atom. The summed E-state index contributed by atoms with van der Waals surface area (Å²) >= 11 is 3.60. The first-order valence-electron chi connectivity index (χ1n) is 22.7. The van der Waals surface area contributed by atoms with E-state index in [1.165, 1.54) is 61.9 Å². The van der Waals surface area contributed by atoms with E-state index in [1.807, 2.05) is 12.1 Å². The highest BCUT2D eigenvalue weighted by Gasteiger charge is 2.21. The van der Waals surface area contributed by atoms with Crippen LogP contribution < -0.4 is 0 Å². The lowest BCUT2D eigenvalue weighted by atomic mass is 9.96. The van der Waals surface area contributed by atoms with Crippen molar-refractivity contribution in [1.82, 2.24) is 19.5 Å². The van der Waals surface area contributed by atoms with Crippen LogP contribution in [0.5, 0.6) is 0 Å². The minimum Gasteiger partial charge on any atom is -0.456 e. The summed E-state index contributed by atoms with van der Waals surface area (Å²) in [6, 6.07) is 74.0. The molecule has 0 bridgehead atoms. The van der Waals surface area contributed by atoms with Gasteiger partial charge in [0.25, 0.3) is 0 Å². The number of benzene rings is 10. The van der Waals surface area contributed by atoms with Crippen LogP contribution in [-0.2, 0) is 0 Å². The van der Waals surface area contributed by atoms with E-state index in [2.05, 4.69) is 199 Å². The number of para-hydroxylation sites is 2. The van der Waals surface area contributed by atoms with Gasteiger partial charge in [0.15, 0.2) is 17.5 Å². The van der Waals surface area contributed by atoms with E-state index in [-0.39, 0.29) is 0 Å². The predicted molar refractivity (Wildman–Crippen MR) is 286 cm³/mol. The Hall–Kier alpha value is -8.49. The Morgan fingerprint density at radius 2 is 0.882 bits per heavy atom.